The lowest BCUT2D eigenvalue weighted by Gasteiger charge is -2.19. The van der Waals surface area contributed by atoms with Crippen molar-refractivity contribution < 1.29 is 23.7 Å². The number of ether oxygens (including phenoxy) is 4. The second-order valence-electron chi connectivity index (χ2n) is 7.05. The minimum absolute atomic E-state index is 0.240. The fourth-order valence-electron chi connectivity index (χ4n) is 3.33. The maximum absolute atomic E-state index is 12.7. The van der Waals surface area contributed by atoms with Crippen LogP contribution in [0.25, 0.3) is 0 Å². The van der Waals surface area contributed by atoms with Gasteiger partial charge in [0, 0.05) is 24.5 Å². The second kappa shape index (κ2) is 8.02. The summed E-state index contributed by atoms with van der Waals surface area (Å²) in [6.45, 7) is 3.53. The zero-order valence-corrected chi connectivity index (χ0v) is 16.8. The number of benzene rings is 2. The van der Waals surface area contributed by atoms with Crippen LogP contribution >= 0.6 is 0 Å². The zero-order valence-electron chi connectivity index (χ0n) is 16.8. The van der Waals surface area contributed by atoms with Crippen molar-refractivity contribution in [2.75, 3.05) is 30.6 Å². The van der Waals surface area contributed by atoms with Gasteiger partial charge in [0.15, 0.2) is 23.0 Å². The lowest BCUT2D eigenvalue weighted by Crippen LogP contribution is -2.17. The third-order valence-electron chi connectivity index (χ3n) is 4.91. The number of amides is 1. The van der Waals surface area contributed by atoms with Gasteiger partial charge in [-0.3, -0.25) is 4.79 Å². The van der Waals surface area contributed by atoms with Crippen molar-refractivity contribution in [3.05, 3.63) is 59.4 Å². The maximum atomic E-state index is 12.7. The molecule has 5 rings (SSSR count). The Morgan fingerprint density at radius 3 is 2.58 bits per heavy atom. The van der Waals surface area contributed by atoms with Crippen molar-refractivity contribution in [2.24, 2.45) is 0 Å². The number of fused-ring (bicyclic) bond motifs is 2. The molecule has 158 valence electrons. The lowest BCUT2D eigenvalue weighted by molar-refractivity contribution is 0.102. The highest BCUT2D eigenvalue weighted by atomic mass is 16.7. The van der Waals surface area contributed by atoms with Crippen LogP contribution in [0.1, 0.15) is 21.6 Å². The Bertz CT molecular complexity index is 1150. The Balaban J connectivity index is 1.24. The minimum atomic E-state index is -0.295. The molecule has 31 heavy (non-hydrogen) atoms. The van der Waals surface area contributed by atoms with Crippen molar-refractivity contribution in [2.45, 2.75) is 13.5 Å². The fraction of sp³-hybridized carbons (Fsp3) is 0.227. The molecule has 0 unspecified atom stereocenters. The normalized spacial score (nSPS) is 13.6. The number of nitrogens with one attached hydrogen (secondary N) is 2. The summed E-state index contributed by atoms with van der Waals surface area (Å²) in [6.07, 6.45) is 1.51. The van der Waals surface area contributed by atoms with Crippen LogP contribution in [0.2, 0.25) is 0 Å². The van der Waals surface area contributed by atoms with Crippen molar-refractivity contribution in [3.63, 3.8) is 0 Å². The second-order valence-corrected chi connectivity index (χ2v) is 7.05. The smallest absolute Gasteiger partial charge is 0.259 e. The molecule has 0 aliphatic carbocycles. The number of carbonyl (C=O) groups is 1. The Labute approximate surface area is 178 Å². The van der Waals surface area contributed by atoms with Crippen LogP contribution in [-0.4, -0.2) is 35.9 Å². The van der Waals surface area contributed by atoms with Gasteiger partial charge in [0.2, 0.25) is 12.7 Å². The third-order valence-corrected chi connectivity index (χ3v) is 4.91. The van der Waals surface area contributed by atoms with E-state index in [0.717, 1.165) is 17.1 Å². The first-order valence-electron chi connectivity index (χ1n) is 9.83. The average Bonchev–Trinajstić information content (AvgIpc) is 3.25. The molecular formula is C22H20N4O5. The molecule has 2 aliphatic heterocycles. The van der Waals surface area contributed by atoms with Gasteiger partial charge in [-0.25, -0.2) is 9.97 Å². The minimum Gasteiger partial charge on any atom is -0.486 e. The SMILES string of the molecule is Cc1nc(NCc2ccc3c(c2)OCO3)ncc1C(=O)Nc1ccc2c(c1)OCCO2. The molecule has 2 aliphatic rings. The van der Waals surface area contributed by atoms with Crippen molar-refractivity contribution in [1.82, 2.24) is 9.97 Å². The Morgan fingerprint density at radius 2 is 1.71 bits per heavy atom. The first-order chi connectivity index (χ1) is 15.2. The fourth-order valence-corrected chi connectivity index (χ4v) is 3.33. The molecule has 0 spiro atoms. The number of anilines is 2. The number of hydrogen-bond donors (Lipinski definition) is 2. The van der Waals surface area contributed by atoms with Crippen molar-refractivity contribution in [3.8, 4) is 23.0 Å². The van der Waals surface area contributed by atoms with Crippen LogP contribution in [0.15, 0.2) is 42.6 Å². The van der Waals surface area contributed by atoms with Crippen LogP contribution in [-0.2, 0) is 6.54 Å². The molecule has 1 amide bonds. The molecular weight excluding hydrogens is 400 g/mol. The van der Waals surface area contributed by atoms with Crippen LogP contribution in [0.3, 0.4) is 0 Å². The van der Waals surface area contributed by atoms with E-state index in [0.29, 0.717) is 54.2 Å². The molecule has 1 aromatic heterocycles. The first-order valence-corrected chi connectivity index (χ1v) is 9.83. The molecule has 0 atom stereocenters. The van der Waals surface area contributed by atoms with Crippen LogP contribution in [0.5, 0.6) is 23.0 Å². The predicted molar refractivity (Wildman–Crippen MR) is 112 cm³/mol. The van der Waals surface area contributed by atoms with E-state index >= 15 is 0 Å². The maximum Gasteiger partial charge on any atom is 0.259 e. The van der Waals surface area contributed by atoms with Crippen LogP contribution in [0, 0.1) is 6.92 Å². The number of nitrogens with zero attached hydrogens (tertiary/aromatic N) is 2. The summed E-state index contributed by atoms with van der Waals surface area (Å²) in [7, 11) is 0. The third kappa shape index (κ3) is 4.02. The van der Waals surface area contributed by atoms with Gasteiger partial charge in [0.25, 0.3) is 5.91 Å². The molecule has 9 heteroatoms. The van der Waals surface area contributed by atoms with Crippen molar-refractivity contribution >= 4 is 17.5 Å². The molecule has 0 bridgehead atoms. The first kappa shape index (κ1) is 19.0. The quantitative estimate of drug-likeness (QED) is 0.649. The Hall–Kier alpha value is -4.01. The molecule has 0 saturated heterocycles. The highest BCUT2D eigenvalue weighted by molar-refractivity contribution is 6.05. The molecule has 3 aromatic rings. The zero-order chi connectivity index (χ0) is 21.2. The van der Waals surface area contributed by atoms with E-state index in [2.05, 4.69) is 20.6 Å². The standard InChI is InChI=1S/C22H20N4O5/c1-13-16(21(27)26-15-3-5-17-20(9-15)29-7-6-28-17)11-24-22(25-13)23-10-14-2-4-18-19(8-14)31-12-30-18/h2-5,8-9,11H,6-7,10,12H2,1H3,(H,26,27)(H,23,24,25). The van der Waals surface area contributed by atoms with Crippen LogP contribution < -0.4 is 29.6 Å². The lowest BCUT2D eigenvalue weighted by atomic mass is 10.2. The molecule has 0 fully saturated rings. The summed E-state index contributed by atoms with van der Waals surface area (Å²) in [5, 5.41) is 6.01. The highest BCUT2D eigenvalue weighted by Gasteiger charge is 2.16. The van der Waals surface area contributed by atoms with E-state index < -0.39 is 0 Å². The largest absolute Gasteiger partial charge is 0.486 e. The van der Waals surface area contributed by atoms with E-state index in [4.69, 9.17) is 18.9 Å². The van der Waals surface area contributed by atoms with E-state index in [1.807, 2.05) is 18.2 Å². The summed E-state index contributed by atoms with van der Waals surface area (Å²) in [5.41, 5.74) is 2.58. The molecule has 3 heterocycles. The van der Waals surface area contributed by atoms with E-state index in [1.165, 1.54) is 6.20 Å². The summed E-state index contributed by atoms with van der Waals surface area (Å²) >= 11 is 0. The number of hydrogen-bond acceptors (Lipinski definition) is 8. The van der Waals surface area contributed by atoms with E-state index in [9.17, 15) is 4.79 Å². The Morgan fingerprint density at radius 1 is 0.968 bits per heavy atom. The summed E-state index contributed by atoms with van der Waals surface area (Å²) in [4.78, 5) is 21.4. The summed E-state index contributed by atoms with van der Waals surface area (Å²) in [6, 6.07) is 11.0. The molecule has 0 radical (unpaired) electrons. The highest BCUT2D eigenvalue weighted by Crippen LogP contribution is 2.33. The van der Waals surface area contributed by atoms with Gasteiger partial charge in [0.1, 0.15) is 13.2 Å². The number of carbonyl (C=O) groups excluding carboxylic acids is 1. The number of rotatable bonds is 5. The van der Waals surface area contributed by atoms with Gasteiger partial charge in [0.05, 0.1) is 11.3 Å². The monoisotopic (exact) mass is 420 g/mol. The predicted octanol–water partition coefficient (Wildman–Crippen LogP) is 3.15. The van der Waals surface area contributed by atoms with E-state index in [1.54, 1.807) is 25.1 Å². The summed E-state index contributed by atoms with van der Waals surface area (Å²) in [5.74, 6) is 2.89. The van der Waals surface area contributed by atoms with Gasteiger partial charge < -0.3 is 29.6 Å². The van der Waals surface area contributed by atoms with Gasteiger partial charge in [-0.2, -0.15) is 0 Å². The topological polar surface area (TPSA) is 104 Å². The Kier molecular flexibility index (Phi) is 4.91. The average molecular weight is 420 g/mol. The van der Waals surface area contributed by atoms with Crippen LogP contribution in [0.4, 0.5) is 11.6 Å². The number of aryl methyl sites for hydroxylation is 1. The molecule has 2 aromatic carbocycles. The van der Waals surface area contributed by atoms with Gasteiger partial charge in [-0.05, 0) is 36.8 Å². The number of aromatic nitrogens is 2. The molecule has 0 saturated carbocycles. The van der Waals surface area contributed by atoms with E-state index in [-0.39, 0.29) is 12.7 Å². The summed E-state index contributed by atoms with van der Waals surface area (Å²) < 4.78 is 21.8. The molecule has 9 nitrogen and oxygen atoms in total. The van der Waals surface area contributed by atoms with Crippen molar-refractivity contribution in [1.29, 1.82) is 0 Å². The molecule has 2 N–H and O–H groups in total. The van der Waals surface area contributed by atoms with Gasteiger partial charge >= 0.3 is 0 Å². The van der Waals surface area contributed by atoms with Gasteiger partial charge in [-0.1, -0.05) is 6.07 Å². The van der Waals surface area contributed by atoms with Gasteiger partial charge in [-0.15, -0.1) is 0 Å².